The lowest BCUT2D eigenvalue weighted by Gasteiger charge is -2.02. The first-order valence-electron chi connectivity index (χ1n) is 6.23. The molecule has 120 valence electrons. The lowest BCUT2D eigenvalue weighted by molar-refractivity contribution is -0.779. The van der Waals surface area contributed by atoms with E-state index in [-0.39, 0.29) is 5.78 Å². The first kappa shape index (κ1) is 17.9. The summed E-state index contributed by atoms with van der Waals surface area (Å²) < 4.78 is 0. The maximum absolute atomic E-state index is 12.0. The van der Waals surface area contributed by atoms with Crippen LogP contribution in [0.3, 0.4) is 0 Å². The Labute approximate surface area is 136 Å². The van der Waals surface area contributed by atoms with Crippen LogP contribution in [0.15, 0.2) is 59.8 Å². The summed E-state index contributed by atoms with van der Waals surface area (Å²) in [6, 6.07) is 16.2. The van der Waals surface area contributed by atoms with Crippen LogP contribution in [-0.2, 0) is 0 Å². The molecule has 23 heavy (non-hydrogen) atoms. The van der Waals surface area contributed by atoms with E-state index in [0.29, 0.717) is 16.1 Å². The Hall–Kier alpha value is -3.13. The van der Waals surface area contributed by atoms with Gasteiger partial charge in [0.05, 0.1) is 10.0 Å². The fourth-order valence-corrected chi connectivity index (χ4v) is 1.71. The molecule has 0 bridgehead atoms. The summed E-state index contributed by atoms with van der Waals surface area (Å²) in [5.74, 6) is -0.555. The Bertz CT molecular complexity index is 703. The molecule has 2 rings (SSSR count). The maximum atomic E-state index is 12.0. The van der Waals surface area contributed by atoms with Crippen LogP contribution in [0.25, 0.3) is 0 Å². The van der Waals surface area contributed by atoms with Gasteiger partial charge in [0.15, 0.2) is 5.78 Å². The molecule has 0 saturated carbocycles. The van der Waals surface area contributed by atoms with Crippen molar-refractivity contribution in [2.24, 2.45) is 11.0 Å². The summed E-state index contributed by atoms with van der Waals surface area (Å²) in [6.45, 7) is 0. The van der Waals surface area contributed by atoms with Gasteiger partial charge in [-0.3, -0.25) is 4.79 Å². The average Bonchev–Trinajstić information content (AvgIpc) is 2.54. The minimum atomic E-state index is -0.735. The Morgan fingerprint density at radius 2 is 1.78 bits per heavy atom. The fourth-order valence-electron chi connectivity index (χ4n) is 1.49. The zero-order valence-corrected chi connectivity index (χ0v) is 12.6. The van der Waals surface area contributed by atoms with Gasteiger partial charge in [-0.05, 0) is 12.1 Å². The average molecular weight is 336 g/mol. The smallest absolute Gasteiger partial charge is 0.302 e. The number of hydrogen-bond donors (Lipinski definition) is 4. The molecule has 0 atom stereocenters. The molecule has 0 unspecified atom stereocenters. The van der Waals surface area contributed by atoms with Crippen molar-refractivity contribution in [1.29, 1.82) is 5.41 Å². The second kappa shape index (κ2) is 9.00. The van der Waals surface area contributed by atoms with Crippen LogP contribution in [0.1, 0.15) is 15.9 Å². The van der Waals surface area contributed by atoms with E-state index in [2.05, 4.69) is 11.0 Å². The van der Waals surface area contributed by atoms with Gasteiger partial charge in [-0.25, -0.2) is 5.41 Å². The quantitative estimate of drug-likeness (QED) is 0.224. The molecule has 8 nitrogen and oxygen atoms in total. The molecule has 0 saturated heterocycles. The Kier molecular flexibility index (Phi) is 7.02. The molecule has 0 radical (unpaired) electrons. The van der Waals surface area contributed by atoms with Crippen molar-refractivity contribution in [3.8, 4) is 0 Å². The van der Waals surface area contributed by atoms with Crippen LogP contribution in [0.2, 0.25) is 5.02 Å². The maximum Gasteiger partial charge on any atom is 0.302 e. The molecule has 2 aromatic carbocycles. The number of guanidine groups is 1. The van der Waals surface area contributed by atoms with Crippen molar-refractivity contribution in [2.45, 2.75) is 0 Å². The van der Waals surface area contributed by atoms with Gasteiger partial charge in [-0.1, -0.05) is 54.1 Å². The summed E-state index contributed by atoms with van der Waals surface area (Å²) in [6.07, 6.45) is 0. The highest BCUT2D eigenvalue weighted by Gasteiger charge is 2.10. The number of nitrogens with two attached hydrogens (primary N) is 1. The molecule has 0 spiro atoms. The van der Waals surface area contributed by atoms with Gasteiger partial charge in [-0.2, -0.15) is 0 Å². The number of nitrogens with one attached hydrogen (secondary N) is 2. The topological polar surface area (TPSA) is 138 Å². The van der Waals surface area contributed by atoms with E-state index in [1.807, 2.05) is 30.3 Å². The Morgan fingerprint density at radius 3 is 2.26 bits per heavy atom. The molecule has 0 fully saturated rings. The van der Waals surface area contributed by atoms with Crippen molar-refractivity contribution in [3.63, 3.8) is 0 Å². The van der Waals surface area contributed by atoms with Gasteiger partial charge in [0.25, 0.3) is 0 Å². The van der Waals surface area contributed by atoms with Gasteiger partial charge >= 0.3 is 5.96 Å². The summed E-state index contributed by atoms with van der Waals surface area (Å²) >= 11 is 5.95. The van der Waals surface area contributed by atoms with Gasteiger partial charge in [0.2, 0.25) is 0 Å². The number of ketones is 1. The summed E-state index contributed by atoms with van der Waals surface area (Å²) in [5, 5.41) is 25.8. The second-order valence-electron chi connectivity index (χ2n) is 4.05. The molecule has 5 N–H and O–H groups in total. The lowest BCUT2D eigenvalue weighted by atomic mass is 10.0. The highest BCUT2D eigenvalue weighted by molar-refractivity contribution is 6.34. The monoisotopic (exact) mass is 335 g/mol. The van der Waals surface area contributed by atoms with Crippen LogP contribution in [0.5, 0.6) is 0 Å². The highest BCUT2D eigenvalue weighted by atomic mass is 35.5. The van der Waals surface area contributed by atoms with Crippen LogP contribution < -0.4 is 11.2 Å². The third-order valence-corrected chi connectivity index (χ3v) is 2.74. The van der Waals surface area contributed by atoms with E-state index in [1.165, 1.54) is 0 Å². The molecular formula is C14H14ClN5O3. The zero-order valence-electron chi connectivity index (χ0n) is 11.8. The SMILES string of the molecule is N=C(N)NN=[N+]([O-])O.O=C(c1ccccc1)c1ccccc1Cl. The highest BCUT2D eigenvalue weighted by Crippen LogP contribution is 2.18. The first-order chi connectivity index (χ1) is 10.9. The number of carbonyl (C=O) groups is 1. The molecule has 0 aliphatic rings. The van der Waals surface area contributed by atoms with Gasteiger partial charge < -0.3 is 16.1 Å². The predicted molar refractivity (Wildman–Crippen MR) is 84.2 cm³/mol. The second-order valence-corrected chi connectivity index (χ2v) is 4.46. The van der Waals surface area contributed by atoms with Crippen molar-refractivity contribution in [2.75, 3.05) is 0 Å². The van der Waals surface area contributed by atoms with E-state index >= 15 is 0 Å². The normalized spacial score (nSPS) is 10.2. The van der Waals surface area contributed by atoms with E-state index < -0.39 is 11.0 Å². The molecular weight excluding hydrogens is 322 g/mol. The van der Waals surface area contributed by atoms with Crippen LogP contribution in [0.4, 0.5) is 0 Å². The standard InChI is InChI=1S/C13H9ClO.CH5N5O2/c14-12-9-5-4-8-11(12)13(15)10-6-2-1-3-7-10;2-1(3)4-5-6(7)8/h1-9H;(H4,2,3,4)(H,5,7,8). The molecule has 0 aliphatic heterocycles. The Morgan fingerprint density at radius 1 is 1.22 bits per heavy atom. The molecule has 0 amide bonds. The number of rotatable bonds is 3. The van der Waals surface area contributed by atoms with Crippen LogP contribution in [0, 0.1) is 10.6 Å². The van der Waals surface area contributed by atoms with Gasteiger partial charge in [0, 0.05) is 11.1 Å². The zero-order chi connectivity index (χ0) is 17.2. The van der Waals surface area contributed by atoms with Gasteiger partial charge in [0.1, 0.15) is 5.22 Å². The van der Waals surface area contributed by atoms with Crippen molar-refractivity contribution in [3.05, 3.63) is 76.0 Å². The molecule has 0 aromatic heterocycles. The lowest BCUT2D eigenvalue weighted by Crippen LogP contribution is -2.26. The van der Waals surface area contributed by atoms with E-state index in [4.69, 9.17) is 22.2 Å². The third-order valence-electron chi connectivity index (χ3n) is 2.41. The molecule has 0 heterocycles. The van der Waals surface area contributed by atoms with Gasteiger partial charge in [-0.15, -0.1) is 5.43 Å². The Balaban J connectivity index is 0.000000284. The van der Waals surface area contributed by atoms with Crippen molar-refractivity contribution in [1.82, 2.24) is 5.43 Å². The number of benzene rings is 2. The number of hydrogen-bond acceptors (Lipinski definition) is 4. The fraction of sp³-hybridized carbons (Fsp3) is 0. The molecule has 2 aromatic rings. The molecule has 9 heteroatoms. The van der Waals surface area contributed by atoms with E-state index in [1.54, 1.807) is 29.7 Å². The summed E-state index contributed by atoms with van der Waals surface area (Å²) in [5.41, 5.74) is 7.54. The number of carbonyl (C=O) groups excluding carboxylic acids is 1. The predicted octanol–water partition coefficient (Wildman–Crippen LogP) is 2.31. The molecule has 0 aliphatic carbocycles. The number of nitrogens with zero attached hydrogens (tertiary/aromatic N) is 2. The van der Waals surface area contributed by atoms with E-state index in [0.717, 1.165) is 0 Å². The summed E-state index contributed by atoms with van der Waals surface area (Å²) in [7, 11) is 0. The minimum Gasteiger partial charge on any atom is -0.472 e. The van der Waals surface area contributed by atoms with E-state index in [9.17, 15) is 10.0 Å². The first-order valence-corrected chi connectivity index (χ1v) is 6.60. The van der Waals surface area contributed by atoms with Crippen LogP contribution in [-0.4, -0.2) is 22.0 Å². The largest absolute Gasteiger partial charge is 0.472 e. The third kappa shape index (κ3) is 6.44. The minimum absolute atomic E-state index is 0.0406. The summed E-state index contributed by atoms with van der Waals surface area (Å²) in [4.78, 5) is 12.0. The van der Waals surface area contributed by atoms with Crippen molar-refractivity contribution < 1.29 is 15.0 Å². The number of halogens is 1. The van der Waals surface area contributed by atoms with Crippen LogP contribution >= 0.6 is 11.6 Å². The van der Waals surface area contributed by atoms with Crippen molar-refractivity contribution >= 4 is 23.3 Å².